The molecule has 0 radical (unpaired) electrons. The Balaban J connectivity index is 2.35. The maximum atomic E-state index is 13.4. The monoisotopic (exact) mass is 308 g/mol. The van der Waals surface area contributed by atoms with E-state index in [1.807, 2.05) is 27.7 Å². The summed E-state index contributed by atoms with van der Waals surface area (Å²) < 4.78 is 30.5. The first-order valence-corrected chi connectivity index (χ1v) is 7.16. The van der Waals surface area contributed by atoms with Crippen molar-refractivity contribution in [1.29, 1.82) is 0 Å². The molecule has 2 rings (SSSR count). The van der Waals surface area contributed by atoms with Crippen LogP contribution in [0.15, 0.2) is 17.7 Å². The van der Waals surface area contributed by atoms with E-state index in [4.69, 9.17) is 19.8 Å². The van der Waals surface area contributed by atoms with Crippen LogP contribution in [0.5, 0.6) is 5.88 Å². The van der Waals surface area contributed by atoms with Gasteiger partial charge in [-0.3, -0.25) is 0 Å². The molecular formula is C15H22BFN2O3. The fraction of sp³-hybridized carbons (Fsp3) is 0.533. The Hall–Kier alpha value is -1.44. The Bertz CT molecular complexity index is 574. The molecule has 0 bridgehead atoms. The Kier molecular flexibility index (Phi) is 4.61. The van der Waals surface area contributed by atoms with Gasteiger partial charge in [-0.25, -0.2) is 9.37 Å². The Labute approximate surface area is 130 Å². The van der Waals surface area contributed by atoms with Crippen molar-refractivity contribution in [2.75, 3.05) is 13.7 Å². The number of methoxy groups -OCH3 is 1. The van der Waals surface area contributed by atoms with Gasteiger partial charge in [0.25, 0.3) is 0 Å². The third-order valence-electron chi connectivity index (χ3n) is 4.17. The molecule has 1 aromatic heterocycles. The van der Waals surface area contributed by atoms with Gasteiger partial charge in [0.1, 0.15) is 5.82 Å². The molecule has 1 aliphatic heterocycles. The number of aromatic nitrogens is 1. The highest BCUT2D eigenvalue weighted by molar-refractivity contribution is 6.55. The van der Waals surface area contributed by atoms with Crippen LogP contribution in [0.2, 0.25) is 0 Å². The highest BCUT2D eigenvalue weighted by Crippen LogP contribution is 2.38. The maximum absolute atomic E-state index is 13.4. The summed E-state index contributed by atoms with van der Waals surface area (Å²) in [5.74, 6) is -0.124. The highest BCUT2D eigenvalue weighted by Gasteiger charge is 2.52. The van der Waals surface area contributed by atoms with Crippen molar-refractivity contribution in [2.24, 2.45) is 5.73 Å². The summed E-state index contributed by atoms with van der Waals surface area (Å²) >= 11 is 0. The average molecular weight is 308 g/mol. The van der Waals surface area contributed by atoms with Gasteiger partial charge in [0.2, 0.25) is 5.88 Å². The number of ether oxygens (including phenoxy) is 1. The fourth-order valence-corrected chi connectivity index (χ4v) is 2.13. The quantitative estimate of drug-likeness (QED) is 0.864. The number of nitrogens with zero attached hydrogens (tertiary/aromatic N) is 1. The van der Waals surface area contributed by atoms with Gasteiger partial charge in [0, 0.05) is 12.1 Å². The number of pyridine rings is 1. The van der Waals surface area contributed by atoms with Crippen LogP contribution in [0.3, 0.4) is 0 Å². The largest absolute Gasteiger partial charge is 0.491 e. The van der Waals surface area contributed by atoms with Gasteiger partial charge >= 0.3 is 7.12 Å². The van der Waals surface area contributed by atoms with E-state index >= 15 is 0 Å². The lowest BCUT2D eigenvalue weighted by Gasteiger charge is -2.32. The first-order chi connectivity index (χ1) is 10.2. The van der Waals surface area contributed by atoms with E-state index in [1.54, 1.807) is 6.08 Å². The van der Waals surface area contributed by atoms with Crippen LogP contribution in [-0.4, -0.2) is 37.0 Å². The van der Waals surface area contributed by atoms with Crippen LogP contribution in [0.4, 0.5) is 4.39 Å². The van der Waals surface area contributed by atoms with Gasteiger partial charge in [-0.05, 0) is 39.2 Å². The summed E-state index contributed by atoms with van der Waals surface area (Å²) in [5.41, 5.74) is 6.10. The van der Waals surface area contributed by atoms with Crippen LogP contribution >= 0.6 is 0 Å². The molecule has 1 aromatic rings. The predicted molar refractivity (Wildman–Crippen MR) is 83.9 cm³/mol. The first-order valence-electron chi connectivity index (χ1n) is 7.16. The zero-order valence-corrected chi connectivity index (χ0v) is 13.6. The van der Waals surface area contributed by atoms with Gasteiger partial charge < -0.3 is 19.8 Å². The number of rotatable bonds is 4. The molecule has 0 amide bonds. The second kappa shape index (κ2) is 5.99. The molecule has 1 saturated heterocycles. The van der Waals surface area contributed by atoms with E-state index in [2.05, 4.69) is 4.98 Å². The molecule has 5 nitrogen and oxygen atoms in total. The lowest BCUT2D eigenvalue weighted by atomic mass is 9.77. The minimum Gasteiger partial charge on any atom is -0.481 e. The third kappa shape index (κ3) is 3.16. The Morgan fingerprint density at radius 1 is 1.36 bits per heavy atom. The molecule has 0 aromatic carbocycles. The summed E-state index contributed by atoms with van der Waals surface area (Å²) in [5, 5.41) is 0. The molecular weight excluding hydrogens is 286 g/mol. The smallest absolute Gasteiger partial charge is 0.481 e. The average Bonchev–Trinajstić information content (AvgIpc) is 2.64. The standard InChI is InChI=1S/C15H22BFN2O3/c1-14(2)15(3,4)22-16(21-14)11(8-18)6-10-7-12(17)9-19-13(10)20-5/h6-7,9H,8,18H2,1-5H3. The zero-order valence-electron chi connectivity index (χ0n) is 13.6. The minimum absolute atomic E-state index is 0.219. The van der Waals surface area contributed by atoms with Crippen LogP contribution < -0.4 is 10.5 Å². The van der Waals surface area contributed by atoms with Crippen molar-refractivity contribution in [1.82, 2.24) is 4.98 Å². The minimum atomic E-state index is -0.581. The van der Waals surface area contributed by atoms with Crippen molar-refractivity contribution in [3.8, 4) is 5.88 Å². The van der Waals surface area contributed by atoms with E-state index in [9.17, 15) is 4.39 Å². The van der Waals surface area contributed by atoms with E-state index < -0.39 is 24.1 Å². The van der Waals surface area contributed by atoms with Crippen LogP contribution in [0, 0.1) is 5.82 Å². The number of hydrogen-bond donors (Lipinski definition) is 1. The molecule has 2 N–H and O–H groups in total. The van der Waals surface area contributed by atoms with E-state index in [1.165, 1.54) is 13.2 Å². The van der Waals surface area contributed by atoms with Gasteiger partial charge in [0.15, 0.2) is 0 Å². The second-order valence-electron chi connectivity index (χ2n) is 6.26. The van der Waals surface area contributed by atoms with Crippen molar-refractivity contribution < 1.29 is 18.4 Å². The van der Waals surface area contributed by atoms with E-state index in [0.29, 0.717) is 16.9 Å². The normalized spacial score (nSPS) is 20.3. The van der Waals surface area contributed by atoms with Gasteiger partial charge in [-0.15, -0.1) is 0 Å². The van der Waals surface area contributed by atoms with Gasteiger partial charge in [-0.2, -0.15) is 0 Å². The van der Waals surface area contributed by atoms with Crippen molar-refractivity contribution >= 4 is 13.2 Å². The maximum Gasteiger partial charge on any atom is 0.491 e. The molecule has 120 valence electrons. The Morgan fingerprint density at radius 2 is 1.95 bits per heavy atom. The zero-order chi connectivity index (χ0) is 16.5. The summed E-state index contributed by atoms with van der Waals surface area (Å²) in [6.45, 7) is 8.07. The molecule has 0 aliphatic carbocycles. The summed E-state index contributed by atoms with van der Waals surface area (Å²) in [4.78, 5) is 3.90. The van der Waals surface area contributed by atoms with Crippen molar-refractivity contribution in [3.05, 3.63) is 29.1 Å². The lowest BCUT2D eigenvalue weighted by molar-refractivity contribution is 0.00578. The van der Waals surface area contributed by atoms with Gasteiger partial charge in [0.05, 0.1) is 24.5 Å². The summed E-state index contributed by atoms with van der Waals surface area (Å²) in [6, 6.07) is 1.34. The Morgan fingerprint density at radius 3 is 2.45 bits per heavy atom. The topological polar surface area (TPSA) is 66.6 Å². The lowest BCUT2D eigenvalue weighted by Crippen LogP contribution is -2.41. The first kappa shape index (κ1) is 16.9. The molecule has 0 saturated carbocycles. The van der Waals surface area contributed by atoms with Crippen molar-refractivity contribution in [2.45, 2.75) is 38.9 Å². The molecule has 0 unspecified atom stereocenters. The van der Waals surface area contributed by atoms with E-state index in [0.717, 1.165) is 6.20 Å². The van der Waals surface area contributed by atoms with Crippen LogP contribution in [-0.2, 0) is 9.31 Å². The second-order valence-corrected chi connectivity index (χ2v) is 6.26. The number of hydrogen-bond acceptors (Lipinski definition) is 5. The van der Waals surface area contributed by atoms with E-state index in [-0.39, 0.29) is 6.54 Å². The number of nitrogens with two attached hydrogens (primary N) is 1. The highest BCUT2D eigenvalue weighted by atomic mass is 19.1. The van der Waals surface area contributed by atoms with Crippen LogP contribution in [0.1, 0.15) is 33.3 Å². The summed E-state index contributed by atoms with van der Waals surface area (Å²) in [6.07, 6.45) is 2.81. The number of halogens is 1. The fourth-order valence-electron chi connectivity index (χ4n) is 2.13. The molecule has 7 heteroatoms. The van der Waals surface area contributed by atoms with Gasteiger partial charge in [-0.1, -0.05) is 6.08 Å². The molecule has 0 spiro atoms. The molecule has 2 heterocycles. The SMILES string of the molecule is COc1ncc(F)cc1C=C(CN)B1OC(C)(C)C(C)(C)O1. The third-order valence-corrected chi connectivity index (χ3v) is 4.17. The molecule has 0 atom stereocenters. The summed E-state index contributed by atoms with van der Waals surface area (Å²) in [7, 11) is 0.900. The molecule has 1 aliphatic rings. The predicted octanol–water partition coefficient (Wildman–Crippen LogP) is 2.20. The van der Waals surface area contributed by atoms with Crippen LogP contribution in [0.25, 0.3) is 6.08 Å². The molecule has 22 heavy (non-hydrogen) atoms. The molecule has 1 fully saturated rings. The van der Waals surface area contributed by atoms with Crippen molar-refractivity contribution in [3.63, 3.8) is 0 Å².